The third-order valence-electron chi connectivity index (χ3n) is 7.01. The van der Waals surface area contributed by atoms with Gasteiger partial charge in [-0.2, -0.15) is 0 Å². The molecule has 0 saturated carbocycles. The number of ketones is 2. The Morgan fingerprint density at radius 2 is 1.88 bits per heavy atom. The minimum Gasteiger partial charge on any atom is -0.504 e. The van der Waals surface area contributed by atoms with Gasteiger partial charge in [0.15, 0.2) is 23.1 Å². The average Bonchev–Trinajstić information content (AvgIpc) is 3.06. The second kappa shape index (κ2) is 7.40. The van der Waals surface area contributed by atoms with Crippen molar-refractivity contribution in [1.82, 2.24) is 5.32 Å². The Bertz CT molecular complexity index is 1220. The lowest BCUT2D eigenvalue weighted by molar-refractivity contribution is -0.126. The number of hydrogen-bond acceptors (Lipinski definition) is 6. The molecular formula is C24H20INO6. The molecule has 1 fully saturated rings. The fraction of sp³-hybridized carbons (Fsp3) is 0.333. The SMILES string of the molecule is COc1cc(C2C3=CCC4C(=O)NC(=O)C4C3CC3=C2C(=O)C(C)=CC3=O)cc(I)c1O. The summed E-state index contributed by atoms with van der Waals surface area (Å²) in [6, 6.07) is 3.45. The van der Waals surface area contributed by atoms with Crippen LogP contribution in [-0.4, -0.2) is 35.6 Å². The van der Waals surface area contributed by atoms with Crippen LogP contribution < -0.4 is 10.1 Å². The molecule has 4 aliphatic rings. The number of rotatable bonds is 2. The van der Waals surface area contributed by atoms with E-state index in [1.807, 2.05) is 28.7 Å². The van der Waals surface area contributed by atoms with Crippen LogP contribution in [0.5, 0.6) is 11.5 Å². The molecule has 0 bridgehead atoms. The molecule has 3 aliphatic carbocycles. The van der Waals surface area contributed by atoms with E-state index in [4.69, 9.17) is 4.74 Å². The number of Topliss-reactive ketones (excluding diaryl/α,β-unsaturated/α-hetero) is 1. The first-order chi connectivity index (χ1) is 15.2. The van der Waals surface area contributed by atoms with Crippen molar-refractivity contribution in [2.24, 2.45) is 17.8 Å². The summed E-state index contributed by atoms with van der Waals surface area (Å²) in [4.78, 5) is 51.3. The van der Waals surface area contributed by atoms with Crippen molar-refractivity contribution in [3.05, 3.63) is 55.7 Å². The lowest BCUT2D eigenvalue weighted by atomic mass is 9.59. The lowest BCUT2D eigenvalue weighted by Crippen LogP contribution is -2.39. The first-order valence-corrected chi connectivity index (χ1v) is 11.4. The molecule has 4 atom stereocenters. The maximum Gasteiger partial charge on any atom is 0.231 e. The minimum atomic E-state index is -0.563. The molecule has 32 heavy (non-hydrogen) atoms. The smallest absolute Gasteiger partial charge is 0.231 e. The maximum atomic E-state index is 13.3. The van der Waals surface area contributed by atoms with Crippen molar-refractivity contribution >= 4 is 46.0 Å². The number of benzene rings is 1. The second-order valence-electron chi connectivity index (χ2n) is 8.64. The highest BCUT2D eigenvalue weighted by Gasteiger charge is 2.53. The predicted octanol–water partition coefficient (Wildman–Crippen LogP) is 2.72. The number of carbonyl (C=O) groups is 4. The maximum absolute atomic E-state index is 13.3. The number of phenols is 1. The molecule has 0 radical (unpaired) electrons. The zero-order valence-corrected chi connectivity index (χ0v) is 19.6. The van der Waals surface area contributed by atoms with Gasteiger partial charge >= 0.3 is 0 Å². The van der Waals surface area contributed by atoms with Gasteiger partial charge in [-0.05, 0) is 72.0 Å². The van der Waals surface area contributed by atoms with Gasteiger partial charge in [0.1, 0.15) is 0 Å². The highest BCUT2D eigenvalue weighted by molar-refractivity contribution is 14.1. The molecule has 7 nitrogen and oxygen atoms in total. The molecule has 8 heteroatoms. The zero-order chi connectivity index (χ0) is 22.9. The van der Waals surface area contributed by atoms with E-state index in [1.54, 1.807) is 19.1 Å². The first-order valence-electron chi connectivity index (χ1n) is 10.3. The van der Waals surface area contributed by atoms with E-state index >= 15 is 0 Å². The Kier molecular flexibility index (Phi) is 4.88. The van der Waals surface area contributed by atoms with Crippen molar-refractivity contribution in [1.29, 1.82) is 0 Å². The number of aromatic hydroxyl groups is 1. The van der Waals surface area contributed by atoms with Crippen molar-refractivity contribution in [3.8, 4) is 11.5 Å². The van der Waals surface area contributed by atoms with Crippen LogP contribution in [-0.2, 0) is 19.2 Å². The fourth-order valence-electron chi connectivity index (χ4n) is 5.57. The standard InChI is InChI=1S/C24H20INO6/c1-9-5-16(27)14-8-13-11(3-4-12-19(13)24(31)26-23(12)30)18(20(14)21(9)28)10-6-15(25)22(29)17(7-10)32-2/h3,5-7,12-13,18-19,29H,4,8H2,1-2H3,(H,26,30,31). The number of carbonyl (C=O) groups excluding carboxylic acids is 4. The van der Waals surface area contributed by atoms with Gasteiger partial charge in [0.25, 0.3) is 0 Å². The summed E-state index contributed by atoms with van der Waals surface area (Å²) in [6.45, 7) is 1.63. The molecule has 1 aromatic carbocycles. The number of fused-ring (bicyclic) bond motifs is 3. The summed E-state index contributed by atoms with van der Waals surface area (Å²) in [6.07, 6.45) is 3.96. The molecular weight excluding hydrogens is 525 g/mol. The van der Waals surface area contributed by atoms with Crippen LogP contribution in [0.3, 0.4) is 0 Å². The summed E-state index contributed by atoms with van der Waals surface area (Å²) in [7, 11) is 1.45. The van der Waals surface area contributed by atoms with E-state index in [1.165, 1.54) is 13.2 Å². The highest BCUT2D eigenvalue weighted by atomic mass is 127. The normalized spacial score (nSPS) is 29.1. The number of hydrogen-bond donors (Lipinski definition) is 2. The van der Waals surface area contributed by atoms with Crippen LogP contribution in [0, 0.1) is 21.3 Å². The third-order valence-corrected chi connectivity index (χ3v) is 7.83. The molecule has 2 N–H and O–H groups in total. The molecule has 1 heterocycles. The van der Waals surface area contributed by atoms with Crippen molar-refractivity contribution < 1.29 is 29.0 Å². The van der Waals surface area contributed by atoms with Gasteiger partial charge in [0.2, 0.25) is 11.8 Å². The van der Waals surface area contributed by atoms with Crippen LogP contribution in [0.2, 0.25) is 0 Å². The second-order valence-corrected chi connectivity index (χ2v) is 9.80. The van der Waals surface area contributed by atoms with E-state index in [9.17, 15) is 24.3 Å². The molecule has 2 amide bonds. The largest absolute Gasteiger partial charge is 0.504 e. The Morgan fingerprint density at radius 3 is 2.59 bits per heavy atom. The number of methoxy groups -OCH3 is 1. The number of halogens is 1. The third kappa shape index (κ3) is 2.92. The summed E-state index contributed by atoms with van der Waals surface area (Å²) < 4.78 is 5.88. The van der Waals surface area contributed by atoms with Gasteiger partial charge < -0.3 is 9.84 Å². The lowest BCUT2D eigenvalue weighted by Gasteiger charge is -2.42. The number of nitrogens with one attached hydrogen (secondary N) is 1. The summed E-state index contributed by atoms with van der Waals surface area (Å²) >= 11 is 2.00. The summed E-state index contributed by atoms with van der Waals surface area (Å²) in [5, 5.41) is 12.8. The van der Waals surface area contributed by atoms with Gasteiger partial charge in [-0.3, -0.25) is 24.5 Å². The summed E-state index contributed by atoms with van der Waals surface area (Å²) in [5.41, 5.74) is 2.77. The molecule has 4 unspecified atom stereocenters. The monoisotopic (exact) mass is 545 g/mol. The van der Waals surface area contributed by atoms with Gasteiger partial charge in [0, 0.05) is 22.6 Å². The topological polar surface area (TPSA) is 110 Å². The van der Waals surface area contributed by atoms with Crippen LogP contribution in [0.4, 0.5) is 0 Å². The van der Waals surface area contributed by atoms with E-state index in [0.717, 1.165) is 5.57 Å². The van der Waals surface area contributed by atoms with Gasteiger partial charge in [0.05, 0.1) is 22.5 Å². The van der Waals surface area contributed by atoms with Crippen LogP contribution >= 0.6 is 22.6 Å². The van der Waals surface area contributed by atoms with Crippen molar-refractivity contribution in [2.75, 3.05) is 7.11 Å². The number of imide groups is 1. The van der Waals surface area contributed by atoms with Crippen molar-refractivity contribution in [3.63, 3.8) is 0 Å². The van der Waals surface area contributed by atoms with Crippen LogP contribution in [0.25, 0.3) is 0 Å². The highest BCUT2D eigenvalue weighted by Crippen LogP contribution is 2.54. The quantitative estimate of drug-likeness (QED) is 0.256. The van der Waals surface area contributed by atoms with Gasteiger partial charge in [-0.15, -0.1) is 0 Å². The number of amides is 2. The average molecular weight is 545 g/mol. The summed E-state index contributed by atoms with van der Waals surface area (Å²) in [5.74, 6) is -2.70. The Morgan fingerprint density at radius 1 is 1.12 bits per heavy atom. The van der Waals surface area contributed by atoms with Crippen LogP contribution in [0.1, 0.15) is 31.2 Å². The molecule has 1 aliphatic heterocycles. The van der Waals surface area contributed by atoms with E-state index in [0.29, 0.717) is 32.3 Å². The molecule has 1 aromatic rings. The fourth-order valence-corrected chi connectivity index (χ4v) is 6.19. The molecule has 0 aromatic heterocycles. The number of ether oxygens (including phenoxy) is 1. The predicted molar refractivity (Wildman–Crippen MR) is 122 cm³/mol. The molecule has 0 spiro atoms. The molecule has 5 rings (SSSR count). The van der Waals surface area contributed by atoms with Crippen LogP contribution in [0.15, 0.2) is 46.6 Å². The Hall–Kier alpha value is -2.75. The Balaban J connectivity index is 1.75. The van der Waals surface area contributed by atoms with E-state index in [2.05, 4.69) is 5.32 Å². The first kappa shape index (κ1) is 21.1. The number of phenolic OH excluding ortho intramolecular Hbond substituents is 1. The van der Waals surface area contributed by atoms with Gasteiger partial charge in [-0.1, -0.05) is 11.6 Å². The zero-order valence-electron chi connectivity index (χ0n) is 17.4. The van der Waals surface area contributed by atoms with E-state index < -0.39 is 17.8 Å². The Labute approximate surface area is 197 Å². The minimum absolute atomic E-state index is 0.000934. The molecule has 164 valence electrons. The van der Waals surface area contributed by atoms with E-state index in [-0.39, 0.29) is 47.2 Å². The van der Waals surface area contributed by atoms with Gasteiger partial charge in [-0.25, -0.2) is 0 Å². The number of allylic oxidation sites excluding steroid dienone is 6. The van der Waals surface area contributed by atoms with Crippen molar-refractivity contribution in [2.45, 2.75) is 25.7 Å². The molecule has 1 saturated heterocycles.